The Morgan fingerprint density at radius 2 is 1.93 bits per heavy atom. The van der Waals surface area contributed by atoms with Crippen LogP contribution in [0.1, 0.15) is 20.3 Å². The molecule has 0 bridgehead atoms. The van der Waals surface area contributed by atoms with E-state index in [1.54, 1.807) is 12.2 Å². The van der Waals surface area contributed by atoms with Crippen molar-refractivity contribution in [2.24, 2.45) is 5.73 Å². The summed E-state index contributed by atoms with van der Waals surface area (Å²) in [7, 11) is 0. The molecule has 2 nitrogen and oxygen atoms in total. The predicted molar refractivity (Wildman–Crippen MR) is 68.6 cm³/mol. The molecule has 0 spiro atoms. The maximum Gasteiger partial charge on any atom is 0.0585 e. The Hall–Kier alpha value is -1.12. The Labute approximate surface area is 93.5 Å². The summed E-state index contributed by atoms with van der Waals surface area (Å²) in [5.41, 5.74) is 6.63. The highest BCUT2D eigenvalue weighted by molar-refractivity contribution is 5.25. The summed E-state index contributed by atoms with van der Waals surface area (Å²) >= 11 is 0. The number of rotatable bonds is 6. The monoisotopic (exact) mass is 209 g/mol. The van der Waals surface area contributed by atoms with E-state index in [4.69, 9.17) is 10.8 Å². The number of aliphatic hydroxyl groups excluding tert-OH is 1. The molecule has 0 aromatic rings. The molecule has 2 heteroatoms. The summed E-state index contributed by atoms with van der Waals surface area (Å²) in [6, 6.07) is -0.208. The third-order valence-electron chi connectivity index (χ3n) is 1.51. The van der Waals surface area contributed by atoms with E-state index in [9.17, 15) is 0 Å². The van der Waals surface area contributed by atoms with Crippen molar-refractivity contribution in [1.82, 2.24) is 0 Å². The van der Waals surface area contributed by atoms with E-state index in [-0.39, 0.29) is 12.6 Å². The van der Waals surface area contributed by atoms with Gasteiger partial charge in [-0.2, -0.15) is 0 Å². The maximum atomic E-state index is 8.76. The van der Waals surface area contributed by atoms with Gasteiger partial charge in [0.15, 0.2) is 0 Å². The van der Waals surface area contributed by atoms with E-state index in [1.165, 1.54) is 0 Å². The number of hydrogen-bond acceptors (Lipinski definition) is 2. The molecule has 0 fully saturated rings. The minimum absolute atomic E-state index is 0.00356. The SMILES string of the molecule is C=C/C=C\C(=C/C=C)CC(N)CO.CC. The number of allylic oxidation sites excluding steroid dienone is 5. The highest BCUT2D eigenvalue weighted by Crippen LogP contribution is 2.06. The van der Waals surface area contributed by atoms with Gasteiger partial charge in [0.05, 0.1) is 6.61 Å². The number of hydrogen-bond donors (Lipinski definition) is 2. The Kier molecular flexibility index (Phi) is 14.0. The van der Waals surface area contributed by atoms with E-state index in [2.05, 4.69) is 13.2 Å². The third-order valence-corrected chi connectivity index (χ3v) is 1.51. The molecule has 0 saturated carbocycles. The van der Waals surface area contributed by atoms with Gasteiger partial charge in [0, 0.05) is 6.04 Å². The molecule has 1 atom stereocenters. The Balaban J connectivity index is 0. The van der Waals surface area contributed by atoms with Crippen LogP contribution in [0, 0.1) is 0 Å². The molecule has 0 rings (SSSR count). The summed E-state index contributed by atoms with van der Waals surface area (Å²) in [5.74, 6) is 0. The average molecular weight is 209 g/mol. The largest absolute Gasteiger partial charge is 0.395 e. The van der Waals surface area contributed by atoms with Crippen molar-refractivity contribution in [1.29, 1.82) is 0 Å². The van der Waals surface area contributed by atoms with E-state index >= 15 is 0 Å². The molecule has 3 N–H and O–H groups in total. The van der Waals surface area contributed by atoms with E-state index in [1.807, 2.05) is 32.1 Å². The number of nitrogens with two attached hydrogens (primary N) is 1. The number of aliphatic hydroxyl groups is 1. The van der Waals surface area contributed by atoms with E-state index < -0.39 is 0 Å². The van der Waals surface area contributed by atoms with Gasteiger partial charge in [0.2, 0.25) is 0 Å². The van der Waals surface area contributed by atoms with Crippen molar-refractivity contribution in [2.45, 2.75) is 26.3 Å². The quantitative estimate of drug-likeness (QED) is 0.660. The molecular weight excluding hydrogens is 186 g/mol. The molecular formula is C13H23NO. The molecule has 0 aliphatic heterocycles. The molecule has 0 amide bonds. The maximum absolute atomic E-state index is 8.76. The second-order valence-electron chi connectivity index (χ2n) is 2.72. The summed E-state index contributed by atoms with van der Waals surface area (Å²) in [5, 5.41) is 8.76. The highest BCUT2D eigenvalue weighted by Gasteiger charge is 2.01. The lowest BCUT2D eigenvalue weighted by Gasteiger charge is -2.07. The van der Waals surface area contributed by atoms with Crippen LogP contribution in [-0.4, -0.2) is 17.8 Å². The van der Waals surface area contributed by atoms with E-state index in [0.717, 1.165) is 5.57 Å². The van der Waals surface area contributed by atoms with E-state index in [0.29, 0.717) is 6.42 Å². The zero-order valence-corrected chi connectivity index (χ0v) is 9.82. The Morgan fingerprint density at radius 1 is 1.33 bits per heavy atom. The first-order chi connectivity index (χ1) is 7.24. The standard InChI is InChI=1S/C11H17NO.C2H6/c1-3-5-7-10(6-4-2)8-11(12)9-13;1-2/h3-7,11,13H,1-2,8-9,12H2;1-2H3/b7-5-,10-6+;. The van der Waals surface area contributed by atoms with Gasteiger partial charge < -0.3 is 10.8 Å². The van der Waals surface area contributed by atoms with Gasteiger partial charge >= 0.3 is 0 Å². The lowest BCUT2D eigenvalue weighted by Crippen LogP contribution is -2.24. The molecule has 1 unspecified atom stereocenters. The van der Waals surface area contributed by atoms with Gasteiger partial charge in [-0.25, -0.2) is 0 Å². The van der Waals surface area contributed by atoms with Crippen LogP contribution in [0.5, 0.6) is 0 Å². The molecule has 0 radical (unpaired) electrons. The second kappa shape index (κ2) is 12.9. The fourth-order valence-corrected chi connectivity index (χ4v) is 0.902. The van der Waals surface area contributed by atoms with Crippen LogP contribution in [0.15, 0.2) is 49.1 Å². The predicted octanol–water partition coefficient (Wildman–Crippen LogP) is 2.58. The van der Waals surface area contributed by atoms with Gasteiger partial charge in [-0.3, -0.25) is 0 Å². The first-order valence-electron chi connectivity index (χ1n) is 5.21. The van der Waals surface area contributed by atoms with Crippen LogP contribution >= 0.6 is 0 Å². The van der Waals surface area contributed by atoms with Crippen LogP contribution in [0.4, 0.5) is 0 Å². The lowest BCUT2D eigenvalue weighted by molar-refractivity contribution is 0.265. The van der Waals surface area contributed by atoms with Crippen molar-refractivity contribution in [3.05, 3.63) is 49.1 Å². The molecule has 86 valence electrons. The zero-order valence-electron chi connectivity index (χ0n) is 9.82. The first-order valence-corrected chi connectivity index (χ1v) is 5.21. The van der Waals surface area contributed by atoms with Crippen LogP contribution in [0.2, 0.25) is 0 Å². The van der Waals surface area contributed by atoms with Crippen LogP contribution < -0.4 is 5.73 Å². The van der Waals surface area contributed by atoms with Crippen molar-refractivity contribution in [2.75, 3.05) is 6.61 Å². The van der Waals surface area contributed by atoms with Gasteiger partial charge in [-0.05, 0) is 12.0 Å². The van der Waals surface area contributed by atoms with Crippen LogP contribution in [0.25, 0.3) is 0 Å². The minimum Gasteiger partial charge on any atom is -0.395 e. The molecule has 0 aromatic carbocycles. The summed E-state index contributed by atoms with van der Waals surface area (Å²) in [6.45, 7) is 11.2. The molecule has 0 aromatic heterocycles. The average Bonchev–Trinajstić information content (AvgIpc) is 2.28. The third kappa shape index (κ3) is 10.8. The fraction of sp³-hybridized carbons (Fsp3) is 0.385. The first kappa shape index (κ1) is 16.3. The molecule has 15 heavy (non-hydrogen) atoms. The van der Waals surface area contributed by atoms with Gasteiger partial charge in [-0.1, -0.05) is 57.4 Å². The highest BCUT2D eigenvalue weighted by atomic mass is 16.3. The lowest BCUT2D eigenvalue weighted by atomic mass is 10.1. The summed E-state index contributed by atoms with van der Waals surface area (Å²) in [4.78, 5) is 0. The Morgan fingerprint density at radius 3 is 2.33 bits per heavy atom. The zero-order chi connectivity index (χ0) is 12.1. The summed E-state index contributed by atoms with van der Waals surface area (Å²) < 4.78 is 0. The van der Waals surface area contributed by atoms with Crippen LogP contribution in [-0.2, 0) is 0 Å². The Bertz CT molecular complexity index is 217. The summed E-state index contributed by atoms with van der Waals surface area (Å²) in [6.07, 6.45) is 9.65. The van der Waals surface area contributed by atoms with Gasteiger partial charge in [0.25, 0.3) is 0 Å². The van der Waals surface area contributed by atoms with Gasteiger partial charge in [0.1, 0.15) is 0 Å². The van der Waals surface area contributed by atoms with Crippen molar-refractivity contribution in [3.8, 4) is 0 Å². The fourth-order valence-electron chi connectivity index (χ4n) is 0.902. The molecule has 0 saturated heterocycles. The minimum atomic E-state index is -0.208. The molecule has 0 aliphatic rings. The van der Waals surface area contributed by atoms with Crippen molar-refractivity contribution in [3.63, 3.8) is 0 Å². The van der Waals surface area contributed by atoms with Crippen molar-refractivity contribution >= 4 is 0 Å². The molecule has 0 heterocycles. The smallest absolute Gasteiger partial charge is 0.0585 e. The topological polar surface area (TPSA) is 46.2 Å². The van der Waals surface area contributed by atoms with Gasteiger partial charge in [-0.15, -0.1) is 0 Å². The second-order valence-corrected chi connectivity index (χ2v) is 2.72. The van der Waals surface area contributed by atoms with Crippen LogP contribution in [0.3, 0.4) is 0 Å². The molecule has 0 aliphatic carbocycles. The van der Waals surface area contributed by atoms with Crippen molar-refractivity contribution < 1.29 is 5.11 Å². The normalized spacial score (nSPS) is 12.9.